The summed E-state index contributed by atoms with van der Waals surface area (Å²) in [6.07, 6.45) is 4.88. The largest absolute Gasteiger partial charge is 0.493 e. The van der Waals surface area contributed by atoms with Gasteiger partial charge in [-0.3, -0.25) is 4.79 Å². The maximum Gasteiger partial charge on any atom is 0.387 e. The molecule has 1 aromatic rings. The molecule has 1 aliphatic heterocycles. The average Bonchev–Trinajstić information content (AvgIpc) is 3.06. The minimum atomic E-state index is -2.91. The molecule has 2 atom stereocenters. The topological polar surface area (TPSA) is 59.6 Å². The Kier molecular flexibility index (Phi) is 5.96. The highest BCUT2D eigenvalue weighted by Gasteiger charge is 2.49. The third-order valence-corrected chi connectivity index (χ3v) is 5.63. The lowest BCUT2D eigenvalue weighted by atomic mass is 9.67. The molecule has 1 heterocycles. The maximum absolute atomic E-state index is 12.8. The molecule has 1 saturated heterocycles. The Hall–Kier alpha value is -1.89. The number of amides is 1. The van der Waals surface area contributed by atoms with Gasteiger partial charge in [-0.2, -0.15) is 8.78 Å². The average molecular weight is 368 g/mol. The van der Waals surface area contributed by atoms with Crippen molar-refractivity contribution in [2.45, 2.75) is 38.7 Å². The van der Waals surface area contributed by atoms with Crippen LogP contribution in [0, 0.1) is 11.3 Å². The predicted molar refractivity (Wildman–Crippen MR) is 93.6 cm³/mol. The highest BCUT2D eigenvalue weighted by molar-refractivity contribution is 5.83. The van der Waals surface area contributed by atoms with Crippen molar-refractivity contribution in [2.75, 3.05) is 26.7 Å². The van der Waals surface area contributed by atoms with Gasteiger partial charge in [0, 0.05) is 13.1 Å². The zero-order valence-electron chi connectivity index (χ0n) is 15.0. The van der Waals surface area contributed by atoms with E-state index >= 15 is 0 Å². The molecule has 0 bridgehead atoms. The number of ether oxygens (including phenoxy) is 2. The molecule has 26 heavy (non-hydrogen) atoms. The van der Waals surface area contributed by atoms with E-state index in [1.165, 1.54) is 19.6 Å². The number of benzene rings is 1. The Morgan fingerprint density at radius 1 is 1.38 bits per heavy atom. The number of rotatable bonds is 7. The molecule has 2 N–H and O–H groups in total. The Bertz CT molecular complexity index is 641. The summed E-state index contributed by atoms with van der Waals surface area (Å²) in [7, 11) is 1.41. The molecule has 0 unspecified atom stereocenters. The second-order valence-corrected chi connectivity index (χ2v) is 7.10. The van der Waals surface area contributed by atoms with Gasteiger partial charge in [0.25, 0.3) is 0 Å². The Labute approximate surface area is 152 Å². The van der Waals surface area contributed by atoms with Crippen LogP contribution in [0.5, 0.6) is 11.5 Å². The van der Waals surface area contributed by atoms with Crippen LogP contribution in [-0.4, -0.2) is 39.3 Å². The number of alkyl halides is 2. The SMILES string of the molecule is COc1ccc(CCNC(=O)[C@@]23CCCC[C@H]2CNC3)cc1OC(F)F. The van der Waals surface area contributed by atoms with E-state index in [2.05, 4.69) is 15.4 Å². The summed E-state index contributed by atoms with van der Waals surface area (Å²) >= 11 is 0. The van der Waals surface area contributed by atoms with Gasteiger partial charge in [0.2, 0.25) is 5.91 Å². The summed E-state index contributed by atoms with van der Waals surface area (Å²) in [5.41, 5.74) is 0.534. The molecule has 144 valence electrons. The smallest absolute Gasteiger partial charge is 0.387 e. The van der Waals surface area contributed by atoms with Crippen LogP contribution >= 0.6 is 0 Å². The van der Waals surface area contributed by atoms with Crippen LogP contribution in [0.15, 0.2) is 18.2 Å². The van der Waals surface area contributed by atoms with E-state index in [1.54, 1.807) is 12.1 Å². The first-order valence-electron chi connectivity index (χ1n) is 9.16. The van der Waals surface area contributed by atoms with Crippen molar-refractivity contribution in [3.05, 3.63) is 23.8 Å². The molecular formula is C19H26F2N2O3. The first-order chi connectivity index (χ1) is 12.5. The van der Waals surface area contributed by atoms with E-state index in [0.29, 0.717) is 18.9 Å². The highest BCUT2D eigenvalue weighted by Crippen LogP contribution is 2.43. The van der Waals surface area contributed by atoms with Crippen LogP contribution in [0.4, 0.5) is 8.78 Å². The molecule has 5 nitrogen and oxygen atoms in total. The molecule has 1 aromatic carbocycles. The standard InChI is InChI=1S/C19H26F2N2O3/c1-25-15-6-5-13(10-16(15)26-18(20)21)7-9-23-17(24)19-8-3-2-4-14(19)11-22-12-19/h5-6,10,14,18,22H,2-4,7-9,11-12H2,1H3,(H,23,24)/t14-,19+/m0/s1. The molecule has 0 aromatic heterocycles. The first kappa shape index (κ1) is 18.9. The van der Waals surface area contributed by atoms with Gasteiger partial charge in [-0.1, -0.05) is 18.9 Å². The number of hydrogen-bond donors (Lipinski definition) is 2. The van der Waals surface area contributed by atoms with Crippen molar-refractivity contribution in [1.82, 2.24) is 10.6 Å². The van der Waals surface area contributed by atoms with Gasteiger partial charge in [-0.15, -0.1) is 0 Å². The molecule has 3 rings (SSSR count). The molecule has 1 amide bonds. The van der Waals surface area contributed by atoms with Gasteiger partial charge >= 0.3 is 6.61 Å². The fraction of sp³-hybridized carbons (Fsp3) is 0.632. The van der Waals surface area contributed by atoms with Gasteiger partial charge < -0.3 is 20.1 Å². The lowest BCUT2D eigenvalue weighted by molar-refractivity contribution is -0.133. The second-order valence-electron chi connectivity index (χ2n) is 7.10. The summed E-state index contributed by atoms with van der Waals surface area (Å²) in [4.78, 5) is 12.8. The Balaban J connectivity index is 1.58. The fourth-order valence-corrected chi connectivity index (χ4v) is 4.25. The van der Waals surface area contributed by atoms with E-state index in [-0.39, 0.29) is 22.8 Å². The van der Waals surface area contributed by atoms with Crippen molar-refractivity contribution in [3.63, 3.8) is 0 Å². The van der Waals surface area contributed by atoms with Crippen molar-refractivity contribution in [2.24, 2.45) is 11.3 Å². The summed E-state index contributed by atoms with van der Waals surface area (Å²) in [5.74, 6) is 0.810. The van der Waals surface area contributed by atoms with Crippen LogP contribution in [0.3, 0.4) is 0 Å². The monoisotopic (exact) mass is 368 g/mol. The van der Waals surface area contributed by atoms with Crippen LogP contribution in [0.25, 0.3) is 0 Å². The molecule has 7 heteroatoms. The van der Waals surface area contributed by atoms with Crippen LogP contribution in [0.2, 0.25) is 0 Å². The third-order valence-electron chi connectivity index (χ3n) is 5.63. The van der Waals surface area contributed by atoms with Crippen molar-refractivity contribution in [3.8, 4) is 11.5 Å². The quantitative estimate of drug-likeness (QED) is 0.777. The molecular weight excluding hydrogens is 342 g/mol. The maximum atomic E-state index is 12.8. The zero-order chi connectivity index (χ0) is 18.6. The molecule has 2 fully saturated rings. The van der Waals surface area contributed by atoms with Crippen molar-refractivity contribution in [1.29, 1.82) is 0 Å². The van der Waals surface area contributed by atoms with E-state index < -0.39 is 6.61 Å². The van der Waals surface area contributed by atoms with E-state index in [4.69, 9.17) is 4.74 Å². The number of carbonyl (C=O) groups excluding carboxylic acids is 1. The van der Waals surface area contributed by atoms with Crippen LogP contribution in [-0.2, 0) is 11.2 Å². The molecule has 0 spiro atoms. The lowest BCUT2D eigenvalue weighted by Gasteiger charge is -2.37. The number of carbonyl (C=O) groups is 1. The van der Waals surface area contributed by atoms with Gasteiger partial charge in [-0.05, 0) is 49.4 Å². The van der Waals surface area contributed by atoms with Gasteiger partial charge in [0.05, 0.1) is 12.5 Å². The highest BCUT2D eigenvalue weighted by atomic mass is 19.3. The molecule has 1 saturated carbocycles. The number of halogens is 2. The van der Waals surface area contributed by atoms with E-state index in [9.17, 15) is 13.6 Å². The number of fused-ring (bicyclic) bond motifs is 1. The van der Waals surface area contributed by atoms with Crippen LogP contribution in [0.1, 0.15) is 31.2 Å². The summed E-state index contributed by atoms with van der Waals surface area (Å²) in [5, 5.41) is 6.42. The molecule has 1 aliphatic carbocycles. The summed E-state index contributed by atoms with van der Waals surface area (Å²) < 4.78 is 34.6. The lowest BCUT2D eigenvalue weighted by Crippen LogP contribution is -2.48. The molecule has 2 aliphatic rings. The summed E-state index contributed by atoms with van der Waals surface area (Å²) in [6.45, 7) is -0.775. The first-order valence-corrected chi connectivity index (χ1v) is 9.16. The second kappa shape index (κ2) is 8.20. The zero-order valence-corrected chi connectivity index (χ0v) is 15.0. The minimum Gasteiger partial charge on any atom is -0.493 e. The summed E-state index contributed by atoms with van der Waals surface area (Å²) in [6, 6.07) is 4.93. The van der Waals surface area contributed by atoms with Gasteiger partial charge in [0.15, 0.2) is 11.5 Å². The van der Waals surface area contributed by atoms with Crippen LogP contribution < -0.4 is 20.1 Å². The normalized spacial score (nSPS) is 25.0. The van der Waals surface area contributed by atoms with E-state index in [0.717, 1.165) is 37.9 Å². The van der Waals surface area contributed by atoms with Gasteiger partial charge in [0.1, 0.15) is 0 Å². The number of nitrogens with one attached hydrogen (secondary N) is 2. The third kappa shape index (κ3) is 3.92. The fourth-order valence-electron chi connectivity index (χ4n) is 4.25. The Morgan fingerprint density at radius 3 is 3.00 bits per heavy atom. The van der Waals surface area contributed by atoms with E-state index in [1.807, 2.05) is 0 Å². The van der Waals surface area contributed by atoms with Crippen molar-refractivity contribution < 1.29 is 23.0 Å². The Morgan fingerprint density at radius 2 is 2.23 bits per heavy atom. The number of methoxy groups -OCH3 is 1. The van der Waals surface area contributed by atoms with Gasteiger partial charge in [-0.25, -0.2) is 0 Å². The van der Waals surface area contributed by atoms with Crippen molar-refractivity contribution >= 4 is 5.91 Å². The predicted octanol–water partition coefficient (Wildman–Crippen LogP) is 2.74. The molecule has 0 radical (unpaired) electrons. The minimum absolute atomic E-state index is 0.0113. The number of hydrogen-bond acceptors (Lipinski definition) is 4.